The highest BCUT2D eigenvalue weighted by atomic mass is 19.1. The Morgan fingerprint density at radius 3 is 2.70 bits per heavy atom. The molecule has 0 aliphatic carbocycles. The molecule has 0 aliphatic heterocycles. The van der Waals surface area contributed by atoms with Crippen molar-refractivity contribution in [3.05, 3.63) is 60.2 Å². The van der Waals surface area contributed by atoms with Crippen LogP contribution in [-0.4, -0.2) is 22.5 Å². The third-order valence-corrected chi connectivity index (χ3v) is 3.27. The molecule has 0 atom stereocenters. The maximum absolute atomic E-state index is 13.7. The maximum Gasteiger partial charge on any atom is 0.338 e. The molecule has 0 spiro atoms. The van der Waals surface area contributed by atoms with Crippen LogP contribution >= 0.6 is 0 Å². The average Bonchev–Trinajstić information content (AvgIpc) is 2.57. The summed E-state index contributed by atoms with van der Waals surface area (Å²) in [6.45, 7) is 2.09. The fraction of sp³-hybridized carbons (Fsp3) is 0.118. The van der Waals surface area contributed by atoms with E-state index in [9.17, 15) is 9.18 Å². The summed E-state index contributed by atoms with van der Waals surface area (Å²) in [6, 6.07) is 11.5. The normalized spacial score (nSPS) is 10.5. The van der Waals surface area contributed by atoms with Gasteiger partial charge in [0.2, 0.25) is 0 Å². The highest BCUT2D eigenvalue weighted by molar-refractivity contribution is 5.92. The number of anilines is 2. The number of nitrogens with one attached hydrogen (secondary N) is 1. The first kappa shape index (κ1) is 14.9. The van der Waals surface area contributed by atoms with Gasteiger partial charge in [-0.2, -0.15) is 0 Å². The number of aromatic nitrogens is 2. The Bertz CT molecular complexity index is 850. The lowest BCUT2D eigenvalue weighted by Crippen LogP contribution is -2.04. The molecule has 0 radical (unpaired) electrons. The van der Waals surface area contributed by atoms with Crippen molar-refractivity contribution in [3.63, 3.8) is 0 Å². The molecule has 0 amide bonds. The van der Waals surface area contributed by atoms with Crippen LogP contribution in [0.25, 0.3) is 10.9 Å². The predicted molar refractivity (Wildman–Crippen MR) is 85.2 cm³/mol. The number of hydrogen-bond acceptors (Lipinski definition) is 5. The van der Waals surface area contributed by atoms with Crippen molar-refractivity contribution in [3.8, 4) is 0 Å². The van der Waals surface area contributed by atoms with Crippen LogP contribution in [0.3, 0.4) is 0 Å². The van der Waals surface area contributed by atoms with Crippen LogP contribution in [0.1, 0.15) is 17.3 Å². The van der Waals surface area contributed by atoms with Gasteiger partial charge in [-0.05, 0) is 43.3 Å². The Kier molecular flexibility index (Phi) is 4.14. The monoisotopic (exact) mass is 311 g/mol. The zero-order valence-corrected chi connectivity index (χ0v) is 12.4. The van der Waals surface area contributed by atoms with Gasteiger partial charge in [0.25, 0.3) is 0 Å². The van der Waals surface area contributed by atoms with Crippen molar-refractivity contribution < 1.29 is 13.9 Å². The Morgan fingerprint density at radius 1 is 1.17 bits per heavy atom. The summed E-state index contributed by atoms with van der Waals surface area (Å²) in [5, 5.41) is 3.69. The minimum absolute atomic E-state index is 0.258. The van der Waals surface area contributed by atoms with Crippen molar-refractivity contribution in [1.82, 2.24) is 9.97 Å². The maximum atomic E-state index is 13.7. The lowest BCUT2D eigenvalue weighted by atomic mass is 10.2. The number of carbonyl (C=O) groups excluding carboxylic acids is 1. The van der Waals surface area contributed by atoms with Gasteiger partial charge in [0.05, 0.1) is 12.2 Å². The number of carbonyl (C=O) groups is 1. The van der Waals surface area contributed by atoms with Crippen LogP contribution in [0.4, 0.5) is 15.9 Å². The number of hydrogen-bond donors (Lipinski definition) is 1. The van der Waals surface area contributed by atoms with E-state index < -0.39 is 5.82 Å². The molecule has 0 fully saturated rings. The number of nitrogens with zero attached hydrogens (tertiary/aromatic N) is 2. The number of para-hydroxylation sites is 1. The molecule has 6 heteroatoms. The second-order valence-electron chi connectivity index (χ2n) is 4.78. The molecule has 2 aromatic carbocycles. The molecule has 3 rings (SSSR count). The summed E-state index contributed by atoms with van der Waals surface area (Å²) in [7, 11) is 0. The summed E-state index contributed by atoms with van der Waals surface area (Å²) >= 11 is 0. The molecule has 0 saturated carbocycles. The summed E-state index contributed by atoms with van der Waals surface area (Å²) < 4.78 is 18.7. The van der Waals surface area contributed by atoms with E-state index in [1.165, 1.54) is 12.4 Å². The number of benzene rings is 2. The van der Waals surface area contributed by atoms with Gasteiger partial charge in [0.1, 0.15) is 23.5 Å². The summed E-state index contributed by atoms with van der Waals surface area (Å²) in [5.41, 5.74) is 1.45. The van der Waals surface area contributed by atoms with Crippen LogP contribution in [0, 0.1) is 5.82 Å². The zero-order valence-electron chi connectivity index (χ0n) is 12.4. The van der Waals surface area contributed by atoms with E-state index in [0.29, 0.717) is 23.4 Å². The Labute approximate surface area is 132 Å². The number of esters is 1. The SMILES string of the molecule is CCOC(=O)c1ccc(Nc2ncnc3c(F)cccc23)cc1. The molecular formula is C17H14FN3O2. The minimum Gasteiger partial charge on any atom is -0.462 e. The van der Waals surface area contributed by atoms with Gasteiger partial charge in [-0.25, -0.2) is 19.2 Å². The summed E-state index contributed by atoms with van der Waals surface area (Å²) in [6.07, 6.45) is 1.31. The van der Waals surface area contributed by atoms with Gasteiger partial charge in [0.15, 0.2) is 0 Å². The average molecular weight is 311 g/mol. The van der Waals surface area contributed by atoms with Gasteiger partial charge in [0, 0.05) is 11.1 Å². The van der Waals surface area contributed by atoms with Gasteiger partial charge in [-0.15, -0.1) is 0 Å². The molecule has 116 valence electrons. The van der Waals surface area contributed by atoms with Gasteiger partial charge >= 0.3 is 5.97 Å². The molecule has 0 saturated heterocycles. The first-order valence-corrected chi connectivity index (χ1v) is 7.12. The highest BCUT2D eigenvalue weighted by Crippen LogP contribution is 2.24. The molecule has 0 aliphatic rings. The lowest BCUT2D eigenvalue weighted by Gasteiger charge is -2.09. The smallest absolute Gasteiger partial charge is 0.338 e. The van der Waals surface area contributed by atoms with Crippen LogP contribution < -0.4 is 5.32 Å². The van der Waals surface area contributed by atoms with Crippen LogP contribution in [0.5, 0.6) is 0 Å². The van der Waals surface area contributed by atoms with E-state index in [0.717, 1.165) is 5.69 Å². The molecule has 3 aromatic rings. The van der Waals surface area contributed by atoms with E-state index in [4.69, 9.17) is 4.74 Å². The molecule has 0 bridgehead atoms. The standard InChI is InChI=1S/C17H14FN3O2/c1-2-23-17(22)11-6-8-12(9-7-11)21-16-13-4-3-5-14(18)15(13)19-10-20-16/h3-10H,2H2,1H3,(H,19,20,21). The zero-order chi connectivity index (χ0) is 16.2. The first-order chi connectivity index (χ1) is 11.2. The van der Waals surface area contributed by atoms with Crippen LogP contribution in [0.2, 0.25) is 0 Å². The van der Waals surface area contributed by atoms with Crippen molar-refractivity contribution in [2.75, 3.05) is 11.9 Å². The molecule has 1 heterocycles. The van der Waals surface area contributed by atoms with Crippen molar-refractivity contribution in [2.45, 2.75) is 6.92 Å². The first-order valence-electron chi connectivity index (χ1n) is 7.12. The number of rotatable bonds is 4. The quantitative estimate of drug-likeness (QED) is 0.744. The Hall–Kier alpha value is -3.02. The number of ether oxygens (including phenoxy) is 1. The minimum atomic E-state index is -0.398. The number of fused-ring (bicyclic) bond motifs is 1. The van der Waals surface area contributed by atoms with Crippen LogP contribution in [-0.2, 0) is 4.74 Å². The predicted octanol–water partition coefficient (Wildman–Crippen LogP) is 3.69. The highest BCUT2D eigenvalue weighted by Gasteiger charge is 2.09. The van der Waals surface area contributed by atoms with Gasteiger partial charge in [-0.1, -0.05) is 6.07 Å². The largest absolute Gasteiger partial charge is 0.462 e. The number of halogens is 1. The van der Waals surface area contributed by atoms with E-state index in [-0.39, 0.29) is 11.5 Å². The second-order valence-corrected chi connectivity index (χ2v) is 4.78. The van der Waals surface area contributed by atoms with E-state index in [1.807, 2.05) is 0 Å². The van der Waals surface area contributed by atoms with Crippen molar-refractivity contribution in [1.29, 1.82) is 0 Å². The fourth-order valence-corrected chi connectivity index (χ4v) is 2.19. The molecule has 1 N–H and O–H groups in total. The summed E-state index contributed by atoms with van der Waals surface area (Å²) in [4.78, 5) is 19.7. The second kappa shape index (κ2) is 6.39. The van der Waals surface area contributed by atoms with E-state index in [1.54, 1.807) is 43.3 Å². The van der Waals surface area contributed by atoms with Gasteiger partial charge < -0.3 is 10.1 Å². The van der Waals surface area contributed by atoms with Gasteiger partial charge in [-0.3, -0.25) is 0 Å². The Balaban J connectivity index is 1.88. The van der Waals surface area contributed by atoms with Crippen molar-refractivity contribution >= 4 is 28.4 Å². The third-order valence-electron chi connectivity index (χ3n) is 3.27. The fourth-order valence-electron chi connectivity index (χ4n) is 2.19. The summed E-state index contributed by atoms with van der Waals surface area (Å²) in [5.74, 6) is -0.266. The molecule has 1 aromatic heterocycles. The Morgan fingerprint density at radius 2 is 1.96 bits per heavy atom. The molecule has 5 nitrogen and oxygen atoms in total. The van der Waals surface area contributed by atoms with E-state index in [2.05, 4.69) is 15.3 Å². The molecule has 0 unspecified atom stereocenters. The topological polar surface area (TPSA) is 64.1 Å². The van der Waals surface area contributed by atoms with Crippen LogP contribution in [0.15, 0.2) is 48.8 Å². The molecule has 23 heavy (non-hydrogen) atoms. The lowest BCUT2D eigenvalue weighted by molar-refractivity contribution is 0.0526. The molecular weight excluding hydrogens is 297 g/mol. The third kappa shape index (κ3) is 3.11. The van der Waals surface area contributed by atoms with Crippen molar-refractivity contribution in [2.24, 2.45) is 0 Å². The van der Waals surface area contributed by atoms with E-state index >= 15 is 0 Å².